The Morgan fingerprint density at radius 1 is 1.35 bits per heavy atom. The van der Waals surface area contributed by atoms with Gasteiger partial charge in [0.1, 0.15) is 6.04 Å². The Hall–Kier alpha value is -1.07. The normalized spacial score (nSPS) is 11.7. The van der Waals surface area contributed by atoms with Gasteiger partial charge in [0.05, 0.1) is 0 Å². The smallest absolute Gasteiger partial charge is 1.00 e. The van der Waals surface area contributed by atoms with Gasteiger partial charge in [0.25, 0.3) is 0 Å². The molecular formula is C14H16Cl2N2OS. The summed E-state index contributed by atoms with van der Waals surface area (Å²) in [6.45, 7) is 0.680. The number of thiophene rings is 1. The van der Waals surface area contributed by atoms with Crippen molar-refractivity contribution in [3.63, 3.8) is 0 Å². The molecule has 20 heavy (non-hydrogen) atoms. The van der Waals surface area contributed by atoms with Crippen LogP contribution in [0.25, 0.3) is 0 Å². The van der Waals surface area contributed by atoms with Gasteiger partial charge in [-0.05, 0) is 29.5 Å². The van der Waals surface area contributed by atoms with Crippen LogP contribution in [0.4, 0.5) is 0 Å². The summed E-state index contributed by atoms with van der Waals surface area (Å²) in [5.41, 5.74) is 6.16. The van der Waals surface area contributed by atoms with Crippen LogP contribution in [-0.2, 0) is 11.2 Å². The van der Waals surface area contributed by atoms with E-state index in [1.54, 1.807) is 17.4 Å². The topological polar surface area (TPSA) is 55.1 Å². The molecule has 0 aliphatic rings. The maximum atomic E-state index is 11.5. The van der Waals surface area contributed by atoms with Crippen LogP contribution in [0.3, 0.4) is 0 Å². The van der Waals surface area contributed by atoms with Crippen molar-refractivity contribution in [1.82, 2.24) is 5.32 Å². The van der Waals surface area contributed by atoms with E-state index in [-0.39, 0.29) is 13.8 Å². The van der Waals surface area contributed by atoms with Crippen molar-refractivity contribution in [3.05, 3.63) is 57.2 Å². The molecule has 2 rings (SSSR count). The molecule has 0 saturated heterocycles. The van der Waals surface area contributed by atoms with E-state index in [1.165, 1.54) is 4.88 Å². The Labute approximate surface area is 135 Å². The van der Waals surface area contributed by atoms with Crippen LogP contribution in [0, 0.1) is 0 Å². The molecule has 0 spiro atoms. The highest BCUT2D eigenvalue weighted by atomic mass is 35.5. The highest BCUT2D eigenvalue weighted by Gasteiger charge is 2.19. The van der Waals surface area contributed by atoms with Crippen LogP contribution >= 0.6 is 22.9 Å². The number of halogens is 2. The molecule has 1 unspecified atom stereocenters. The molecule has 0 fully saturated rings. The second kappa shape index (κ2) is 8.27. The van der Waals surface area contributed by atoms with Crippen LogP contribution in [-0.4, -0.2) is 12.5 Å². The minimum atomic E-state index is -0.548. The second-order valence-corrected chi connectivity index (χ2v) is 5.58. The average molecular weight is 331 g/mol. The van der Waals surface area contributed by atoms with E-state index in [0.717, 1.165) is 12.0 Å². The quantitative estimate of drug-likeness (QED) is 0.775. The van der Waals surface area contributed by atoms with Crippen molar-refractivity contribution in [2.24, 2.45) is 5.73 Å². The van der Waals surface area contributed by atoms with Crippen LogP contribution in [0.2, 0.25) is 5.02 Å². The molecule has 0 bridgehead atoms. The lowest BCUT2D eigenvalue weighted by molar-refractivity contribution is -0.120. The van der Waals surface area contributed by atoms with Crippen molar-refractivity contribution >= 4 is 28.8 Å². The Kier molecular flexibility index (Phi) is 7.02. The minimum Gasteiger partial charge on any atom is -1.00 e. The molecule has 1 atom stereocenters. The number of carbonyl (C=O) groups excluding carboxylic acids is 1. The number of carbonyl (C=O) groups is 1. The summed E-state index contributed by atoms with van der Waals surface area (Å²) >= 11 is 7.80. The van der Waals surface area contributed by atoms with Gasteiger partial charge >= 0.3 is 1.43 Å². The number of primary amides is 1. The highest BCUT2D eigenvalue weighted by molar-refractivity contribution is 7.09. The van der Waals surface area contributed by atoms with Gasteiger partial charge in [0, 0.05) is 16.4 Å². The molecule has 0 aliphatic carbocycles. The monoisotopic (exact) mass is 330 g/mol. The predicted molar refractivity (Wildman–Crippen MR) is 80.5 cm³/mol. The third-order valence-corrected chi connectivity index (χ3v) is 4.08. The summed E-state index contributed by atoms with van der Waals surface area (Å²) in [6, 6.07) is 10.8. The Morgan fingerprint density at radius 2 is 2.10 bits per heavy atom. The number of benzene rings is 1. The minimum absolute atomic E-state index is 0. The van der Waals surface area contributed by atoms with Crippen molar-refractivity contribution in [3.8, 4) is 0 Å². The molecule has 3 N–H and O–H groups in total. The van der Waals surface area contributed by atoms with Crippen molar-refractivity contribution in [2.45, 2.75) is 12.5 Å². The van der Waals surface area contributed by atoms with Crippen molar-refractivity contribution in [1.29, 1.82) is 0 Å². The zero-order valence-corrected chi connectivity index (χ0v) is 13.0. The first kappa shape index (κ1) is 17.0. The largest absolute Gasteiger partial charge is 1.00 e. The van der Waals surface area contributed by atoms with Gasteiger partial charge in [-0.25, -0.2) is 0 Å². The summed E-state index contributed by atoms with van der Waals surface area (Å²) in [5, 5.41) is 5.75. The van der Waals surface area contributed by atoms with Gasteiger partial charge < -0.3 is 23.5 Å². The molecule has 0 saturated carbocycles. The highest BCUT2D eigenvalue weighted by Crippen LogP contribution is 2.22. The molecule has 1 amide bonds. The number of nitrogens with two attached hydrogens (primary N) is 1. The summed E-state index contributed by atoms with van der Waals surface area (Å²) in [5.74, 6) is -0.417. The van der Waals surface area contributed by atoms with E-state index in [9.17, 15) is 4.79 Å². The van der Waals surface area contributed by atoms with Gasteiger partial charge in [-0.1, -0.05) is 35.9 Å². The van der Waals surface area contributed by atoms with E-state index in [1.807, 2.05) is 29.6 Å². The first-order valence-corrected chi connectivity index (χ1v) is 7.24. The van der Waals surface area contributed by atoms with Gasteiger partial charge in [-0.15, -0.1) is 11.3 Å². The number of hydrogen-bond donors (Lipinski definition) is 2. The van der Waals surface area contributed by atoms with Gasteiger partial charge in [0.2, 0.25) is 5.91 Å². The third-order valence-electron chi connectivity index (χ3n) is 2.80. The molecule has 108 valence electrons. The maximum Gasteiger partial charge on any atom is 1.00 e. The molecule has 1 heterocycles. The Bertz CT molecular complexity index is 552. The molecule has 6 heteroatoms. The van der Waals surface area contributed by atoms with Gasteiger partial charge in [-0.2, -0.15) is 0 Å². The third kappa shape index (κ3) is 4.49. The van der Waals surface area contributed by atoms with Gasteiger partial charge in [-0.3, -0.25) is 4.79 Å². The summed E-state index contributed by atoms with van der Waals surface area (Å²) in [6.07, 6.45) is 0.867. The SMILES string of the molecule is NC(=O)C(NCCc1cccs1)c1ccccc1Cl.[Cl-].[H+]. The zero-order valence-electron chi connectivity index (χ0n) is 11.7. The first-order valence-electron chi connectivity index (χ1n) is 5.98. The molecule has 3 nitrogen and oxygen atoms in total. The lowest BCUT2D eigenvalue weighted by Gasteiger charge is -2.16. The van der Waals surface area contributed by atoms with E-state index >= 15 is 0 Å². The molecule has 2 aromatic rings. The van der Waals surface area contributed by atoms with Crippen LogP contribution in [0.5, 0.6) is 0 Å². The van der Waals surface area contributed by atoms with E-state index in [2.05, 4.69) is 11.4 Å². The Balaban J connectivity index is 0.00000200. The fourth-order valence-corrected chi connectivity index (χ4v) is 2.82. The number of nitrogens with one attached hydrogen (secondary N) is 1. The van der Waals surface area contributed by atoms with E-state index in [4.69, 9.17) is 17.3 Å². The standard InChI is InChI=1S/C14H15ClN2OS.ClH/c15-12-6-2-1-5-11(12)13(14(16)18)17-8-7-10-4-3-9-19-10;/h1-6,9,13,17H,7-8H2,(H2,16,18);1H. The lowest BCUT2D eigenvalue weighted by Crippen LogP contribution is -3.00. The Morgan fingerprint density at radius 3 is 2.70 bits per heavy atom. The molecule has 1 aromatic heterocycles. The molecular weight excluding hydrogens is 315 g/mol. The zero-order chi connectivity index (χ0) is 13.7. The number of amides is 1. The molecule has 0 aliphatic heterocycles. The van der Waals surface area contributed by atoms with Crippen LogP contribution in [0.1, 0.15) is 17.9 Å². The predicted octanol–water partition coefficient (Wildman–Crippen LogP) is -0.123. The van der Waals surface area contributed by atoms with Crippen molar-refractivity contribution < 1.29 is 18.6 Å². The number of hydrogen-bond acceptors (Lipinski definition) is 3. The fourth-order valence-electron chi connectivity index (χ4n) is 1.87. The van der Waals surface area contributed by atoms with Crippen molar-refractivity contribution in [2.75, 3.05) is 6.54 Å². The number of rotatable bonds is 6. The maximum absolute atomic E-state index is 11.5. The summed E-state index contributed by atoms with van der Waals surface area (Å²) in [4.78, 5) is 12.8. The van der Waals surface area contributed by atoms with Crippen LogP contribution < -0.4 is 23.5 Å². The van der Waals surface area contributed by atoms with E-state index in [0.29, 0.717) is 11.6 Å². The fraction of sp³-hybridized carbons (Fsp3) is 0.214. The summed E-state index contributed by atoms with van der Waals surface area (Å²) in [7, 11) is 0. The molecule has 0 radical (unpaired) electrons. The lowest BCUT2D eigenvalue weighted by atomic mass is 10.1. The van der Waals surface area contributed by atoms with Gasteiger partial charge in [0.15, 0.2) is 0 Å². The summed E-state index contributed by atoms with van der Waals surface area (Å²) < 4.78 is 0. The molecule has 1 aromatic carbocycles. The first-order chi connectivity index (χ1) is 9.18. The second-order valence-electron chi connectivity index (χ2n) is 4.14. The average Bonchev–Trinajstić information content (AvgIpc) is 2.89. The van der Waals surface area contributed by atoms with Crippen LogP contribution in [0.15, 0.2) is 41.8 Å². The van der Waals surface area contributed by atoms with E-state index < -0.39 is 11.9 Å².